The van der Waals surface area contributed by atoms with Gasteiger partial charge in [-0.15, -0.1) is 0 Å². The van der Waals surface area contributed by atoms with Crippen LogP contribution in [0.15, 0.2) is 0 Å². The van der Waals surface area contributed by atoms with Crippen molar-refractivity contribution in [3.63, 3.8) is 0 Å². The van der Waals surface area contributed by atoms with Gasteiger partial charge in [0.05, 0.1) is 0 Å². The summed E-state index contributed by atoms with van der Waals surface area (Å²) in [7, 11) is 1.71. The largest absolute Gasteiger partial charge is 0.333 e. The van der Waals surface area contributed by atoms with Gasteiger partial charge in [-0.3, -0.25) is 4.79 Å². The number of rotatable bonds is 2. The van der Waals surface area contributed by atoms with E-state index in [1.165, 1.54) is 37.0 Å². The zero-order valence-corrected chi connectivity index (χ0v) is 8.12. The molecule has 13 heavy (non-hydrogen) atoms. The Bertz CT molecular complexity index is 213. The number of carbonyl (C=O) groups is 1. The lowest BCUT2D eigenvalue weighted by Crippen LogP contribution is -2.31. The van der Waals surface area contributed by atoms with E-state index in [1.807, 2.05) is 0 Å². The Morgan fingerprint density at radius 1 is 1.46 bits per heavy atom. The molecule has 3 heteroatoms. The predicted octanol–water partition coefficient (Wildman–Crippen LogP) is 1.55. The van der Waals surface area contributed by atoms with Gasteiger partial charge in [0.1, 0.15) is 0 Å². The van der Waals surface area contributed by atoms with Crippen LogP contribution < -0.4 is 0 Å². The molecule has 72 valence electrons. The van der Waals surface area contributed by atoms with Crippen molar-refractivity contribution in [3.05, 3.63) is 0 Å². The summed E-state index contributed by atoms with van der Waals surface area (Å²) in [5.74, 6) is 0.210. The number of hydrogen-bond acceptors (Lipinski definition) is 2. The second kappa shape index (κ2) is 4.86. The fourth-order valence-electron chi connectivity index (χ4n) is 1.93. The van der Waals surface area contributed by atoms with E-state index in [9.17, 15) is 4.79 Å². The summed E-state index contributed by atoms with van der Waals surface area (Å²) in [6, 6.07) is 1.64. The Balaban J connectivity index is 2.30. The van der Waals surface area contributed by atoms with E-state index >= 15 is 0 Å². The minimum atomic E-state index is -0.412. The number of nitrogens with zero attached hydrogens (tertiary/aromatic N) is 2. The summed E-state index contributed by atoms with van der Waals surface area (Å²) in [5, 5.41) is 8.39. The molecule has 1 aliphatic rings. The molecule has 0 aromatic rings. The third-order valence-corrected chi connectivity index (χ3v) is 2.70. The number of carbonyl (C=O) groups excluding carboxylic acids is 1. The van der Waals surface area contributed by atoms with Gasteiger partial charge < -0.3 is 4.90 Å². The molecule has 1 saturated carbocycles. The molecule has 0 aliphatic heterocycles. The second-order valence-corrected chi connectivity index (χ2v) is 3.80. The summed E-state index contributed by atoms with van der Waals surface area (Å²) in [6.45, 7) is 0.756. The minimum absolute atomic E-state index is 0.412. The summed E-state index contributed by atoms with van der Waals surface area (Å²) in [4.78, 5) is 12.5. The van der Waals surface area contributed by atoms with Crippen LogP contribution in [0.4, 0.5) is 0 Å². The zero-order valence-electron chi connectivity index (χ0n) is 8.12. The normalized spacial score (nSPS) is 17.8. The van der Waals surface area contributed by atoms with Crippen molar-refractivity contribution in [2.24, 2.45) is 5.92 Å². The highest BCUT2D eigenvalue weighted by Crippen LogP contribution is 2.23. The molecule has 0 bridgehead atoms. The molecule has 3 nitrogen and oxygen atoms in total. The van der Waals surface area contributed by atoms with Gasteiger partial charge in [0, 0.05) is 13.6 Å². The molecule has 1 amide bonds. The number of nitriles is 1. The Morgan fingerprint density at radius 3 is 2.62 bits per heavy atom. The topological polar surface area (TPSA) is 44.1 Å². The van der Waals surface area contributed by atoms with E-state index in [0.717, 1.165) is 6.54 Å². The molecule has 0 N–H and O–H groups in total. The fraction of sp³-hybridized carbons (Fsp3) is 0.800. The molecule has 0 spiro atoms. The molecule has 0 aromatic heterocycles. The van der Waals surface area contributed by atoms with Crippen LogP contribution in [-0.2, 0) is 4.79 Å². The number of amides is 1. The van der Waals surface area contributed by atoms with Crippen LogP contribution in [0.5, 0.6) is 0 Å². The van der Waals surface area contributed by atoms with E-state index < -0.39 is 5.91 Å². The monoisotopic (exact) mass is 180 g/mol. The van der Waals surface area contributed by atoms with Crippen molar-refractivity contribution in [2.75, 3.05) is 13.6 Å². The Morgan fingerprint density at radius 2 is 2.08 bits per heavy atom. The first-order valence-electron chi connectivity index (χ1n) is 4.89. The van der Waals surface area contributed by atoms with Gasteiger partial charge in [0.2, 0.25) is 0 Å². The summed E-state index contributed by atoms with van der Waals surface area (Å²) >= 11 is 0. The highest BCUT2D eigenvalue weighted by Gasteiger charge is 2.17. The SMILES string of the molecule is CN(CC1CCCCC1)C(=O)C#N. The minimum Gasteiger partial charge on any atom is -0.333 e. The molecule has 0 unspecified atom stereocenters. The van der Waals surface area contributed by atoms with Gasteiger partial charge >= 0.3 is 5.91 Å². The molecule has 0 heterocycles. The van der Waals surface area contributed by atoms with Crippen molar-refractivity contribution in [3.8, 4) is 6.07 Å². The summed E-state index contributed by atoms with van der Waals surface area (Å²) < 4.78 is 0. The van der Waals surface area contributed by atoms with E-state index in [0.29, 0.717) is 5.92 Å². The van der Waals surface area contributed by atoms with Gasteiger partial charge in [-0.1, -0.05) is 19.3 Å². The van der Waals surface area contributed by atoms with Crippen molar-refractivity contribution in [2.45, 2.75) is 32.1 Å². The smallest absolute Gasteiger partial charge is 0.324 e. The van der Waals surface area contributed by atoms with Crippen LogP contribution in [0.2, 0.25) is 0 Å². The molecular weight excluding hydrogens is 164 g/mol. The van der Waals surface area contributed by atoms with E-state index in [-0.39, 0.29) is 0 Å². The first-order chi connectivity index (χ1) is 6.24. The zero-order chi connectivity index (χ0) is 9.68. The van der Waals surface area contributed by atoms with Gasteiger partial charge in [0.15, 0.2) is 6.07 Å². The molecule has 0 saturated heterocycles. The molecule has 0 radical (unpaired) electrons. The Labute approximate surface area is 79.3 Å². The number of hydrogen-bond donors (Lipinski definition) is 0. The van der Waals surface area contributed by atoms with Crippen molar-refractivity contribution in [1.82, 2.24) is 4.90 Å². The maximum Gasteiger partial charge on any atom is 0.324 e. The van der Waals surface area contributed by atoms with E-state index in [1.54, 1.807) is 13.1 Å². The lowest BCUT2D eigenvalue weighted by molar-refractivity contribution is -0.124. The maximum atomic E-state index is 11.0. The van der Waals surface area contributed by atoms with Crippen LogP contribution in [0.1, 0.15) is 32.1 Å². The standard InChI is InChI=1S/C10H16N2O/c1-12(10(13)7-11)8-9-5-3-2-4-6-9/h9H,2-6,8H2,1H3. The third kappa shape index (κ3) is 3.06. The Kier molecular flexibility index (Phi) is 3.75. The quantitative estimate of drug-likeness (QED) is 0.605. The van der Waals surface area contributed by atoms with Crippen molar-refractivity contribution < 1.29 is 4.79 Å². The van der Waals surface area contributed by atoms with Crippen LogP contribution in [0.25, 0.3) is 0 Å². The van der Waals surface area contributed by atoms with Crippen LogP contribution >= 0.6 is 0 Å². The van der Waals surface area contributed by atoms with Gasteiger partial charge in [-0.2, -0.15) is 5.26 Å². The second-order valence-electron chi connectivity index (χ2n) is 3.80. The Hall–Kier alpha value is -1.04. The van der Waals surface area contributed by atoms with Crippen LogP contribution in [0.3, 0.4) is 0 Å². The summed E-state index contributed by atoms with van der Waals surface area (Å²) in [6.07, 6.45) is 6.30. The highest BCUT2D eigenvalue weighted by atomic mass is 16.2. The predicted molar refractivity (Wildman–Crippen MR) is 49.8 cm³/mol. The molecule has 0 atom stereocenters. The van der Waals surface area contributed by atoms with E-state index in [2.05, 4.69) is 0 Å². The first-order valence-corrected chi connectivity index (χ1v) is 4.89. The third-order valence-electron chi connectivity index (χ3n) is 2.70. The van der Waals surface area contributed by atoms with Crippen LogP contribution in [0, 0.1) is 17.2 Å². The van der Waals surface area contributed by atoms with Crippen molar-refractivity contribution in [1.29, 1.82) is 5.26 Å². The average Bonchev–Trinajstić information content (AvgIpc) is 2.18. The molecule has 1 aliphatic carbocycles. The van der Waals surface area contributed by atoms with Crippen LogP contribution in [-0.4, -0.2) is 24.4 Å². The maximum absolute atomic E-state index is 11.0. The molecule has 1 rings (SSSR count). The van der Waals surface area contributed by atoms with Gasteiger partial charge in [-0.05, 0) is 18.8 Å². The van der Waals surface area contributed by atoms with Gasteiger partial charge in [-0.25, -0.2) is 0 Å². The first kappa shape index (κ1) is 10.0. The summed E-state index contributed by atoms with van der Waals surface area (Å²) in [5.41, 5.74) is 0. The average molecular weight is 180 g/mol. The molecule has 1 fully saturated rings. The highest BCUT2D eigenvalue weighted by molar-refractivity contribution is 5.90. The molecule has 0 aromatic carbocycles. The fourth-order valence-corrected chi connectivity index (χ4v) is 1.93. The van der Waals surface area contributed by atoms with Gasteiger partial charge in [0.25, 0.3) is 0 Å². The van der Waals surface area contributed by atoms with Crippen molar-refractivity contribution >= 4 is 5.91 Å². The van der Waals surface area contributed by atoms with E-state index in [4.69, 9.17) is 5.26 Å². The molecular formula is C10H16N2O. The lowest BCUT2D eigenvalue weighted by Gasteiger charge is -2.25. The lowest BCUT2D eigenvalue weighted by atomic mass is 9.89.